The third-order valence-electron chi connectivity index (χ3n) is 12.7. The molecule has 0 spiro atoms. The first-order valence-corrected chi connectivity index (χ1v) is 31.5. The van der Waals surface area contributed by atoms with Crippen molar-refractivity contribution in [2.45, 2.75) is 264 Å². The average molecular weight is 1080 g/mol. The van der Waals surface area contributed by atoms with Gasteiger partial charge >= 0.3 is 17.9 Å². The molecular weight excluding hydrogens is 961 g/mol. The van der Waals surface area contributed by atoms with Crippen molar-refractivity contribution in [3.05, 3.63) is 158 Å². The fraction of sp³-hybridized carbons (Fsp3) is 0.597. The molecule has 0 aromatic heterocycles. The van der Waals surface area contributed by atoms with Crippen LogP contribution >= 0.6 is 0 Å². The van der Waals surface area contributed by atoms with Crippen molar-refractivity contribution in [2.75, 3.05) is 13.2 Å². The van der Waals surface area contributed by atoms with Crippen molar-refractivity contribution in [1.82, 2.24) is 0 Å². The number of carbonyl (C=O) groups is 3. The summed E-state index contributed by atoms with van der Waals surface area (Å²) in [6, 6.07) is 0. The van der Waals surface area contributed by atoms with E-state index in [-0.39, 0.29) is 37.5 Å². The van der Waals surface area contributed by atoms with Crippen molar-refractivity contribution in [3.8, 4) is 0 Å². The fourth-order valence-corrected chi connectivity index (χ4v) is 8.09. The van der Waals surface area contributed by atoms with E-state index < -0.39 is 6.10 Å². The largest absolute Gasteiger partial charge is 0.462 e. The summed E-state index contributed by atoms with van der Waals surface area (Å²) in [5.74, 6) is -0.994. The quantitative estimate of drug-likeness (QED) is 0.0261. The predicted molar refractivity (Wildman–Crippen MR) is 338 cm³/mol. The molecule has 0 rings (SSSR count). The molecule has 0 heterocycles. The minimum atomic E-state index is -0.819. The number of ether oxygens (including phenoxy) is 3. The molecular formula is C72H114O6. The van der Waals surface area contributed by atoms with Crippen molar-refractivity contribution in [3.63, 3.8) is 0 Å². The fourth-order valence-electron chi connectivity index (χ4n) is 8.09. The Morgan fingerprint density at radius 2 is 0.513 bits per heavy atom. The van der Waals surface area contributed by atoms with E-state index in [0.29, 0.717) is 19.3 Å². The van der Waals surface area contributed by atoms with Gasteiger partial charge in [-0.05, 0) is 135 Å². The molecule has 6 nitrogen and oxygen atoms in total. The summed E-state index contributed by atoms with van der Waals surface area (Å²) in [6.45, 7) is 6.31. The molecule has 0 fully saturated rings. The summed E-state index contributed by atoms with van der Waals surface area (Å²) >= 11 is 0. The summed E-state index contributed by atoms with van der Waals surface area (Å²) in [6.07, 6.45) is 93.9. The van der Waals surface area contributed by atoms with Gasteiger partial charge in [0, 0.05) is 19.3 Å². The van der Waals surface area contributed by atoms with Crippen LogP contribution in [0.4, 0.5) is 0 Å². The molecule has 0 aliphatic heterocycles. The van der Waals surface area contributed by atoms with E-state index in [1.165, 1.54) is 70.6 Å². The lowest BCUT2D eigenvalue weighted by Crippen LogP contribution is -2.30. The van der Waals surface area contributed by atoms with Crippen LogP contribution in [0.2, 0.25) is 0 Å². The Hall–Kier alpha value is -4.97. The number of allylic oxidation sites excluding steroid dienone is 26. The molecule has 0 amide bonds. The van der Waals surface area contributed by atoms with Crippen LogP contribution in [0.25, 0.3) is 0 Å². The van der Waals surface area contributed by atoms with Crippen molar-refractivity contribution >= 4 is 17.9 Å². The maximum Gasteiger partial charge on any atom is 0.306 e. The topological polar surface area (TPSA) is 78.9 Å². The van der Waals surface area contributed by atoms with E-state index in [1.807, 2.05) is 0 Å². The Balaban J connectivity index is 4.50. The Morgan fingerprint density at radius 3 is 0.833 bits per heavy atom. The average Bonchev–Trinajstić information content (AvgIpc) is 3.44. The number of unbranched alkanes of at least 4 members (excludes halogenated alkanes) is 18. The minimum Gasteiger partial charge on any atom is -0.462 e. The first-order valence-electron chi connectivity index (χ1n) is 31.5. The van der Waals surface area contributed by atoms with Crippen molar-refractivity contribution in [2.24, 2.45) is 0 Å². The van der Waals surface area contributed by atoms with Crippen LogP contribution in [0.3, 0.4) is 0 Å². The Bertz CT molecular complexity index is 1760. The van der Waals surface area contributed by atoms with Gasteiger partial charge < -0.3 is 14.2 Å². The lowest BCUT2D eigenvalue weighted by Gasteiger charge is -2.18. The van der Waals surface area contributed by atoms with Crippen LogP contribution in [-0.2, 0) is 28.6 Å². The van der Waals surface area contributed by atoms with Gasteiger partial charge in [-0.2, -0.15) is 0 Å². The second-order valence-corrected chi connectivity index (χ2v) is 20.2. The molecule has 6 heteroatoms. The monoisotopic (exact) mass is 1070 g/mol. The van der Waals surface area contributed by atoms with E-state index in [2.05, 4.69) is 179 Å². The summed E-state index contributed by atoms with van der Waals surface area (Å²) in [4.78, 5) is 38.3. The Morgan fingerprint density at radius 1 is 0.269 bits per heavy atom. The molecule has 0 bridgehead atoms. The molecule has 0 aliphatic rings. The molecule has 1 atom stereocenters. The Labute approximate surface area is 480 Å². The van der Waals surface area contributed by atoms with Gasteiger partial charge in [0.15, 0.2) is 6.10 Å². The molecule has 0 N–H and O–H groups in total. The SMILES string of the molecule is CC/C=C\C/C=C\C/C=C\C/C=C\C/C=C\C/C=C\C/C=C\CCCC(=O)OCC(COC(=O)CCCCCCC/C=C\C/C=C\CCCC)OC(=O)CCCCCCCCCCCC/C=C\C/C=C\C/C=C\C/C=C\CC. The standard InChI is InChI=1S/C72H114O6/c1-4-7-10-13-16-19-22-25-28-30-32-34-36-38-40-42-44-47-50-53-56-59-62-65-71(74)77-68-69(67-76-70(73)64-61-58-55-52-49-46-27-24-21-18-15-12-9-6-3)78-72(75)66-63-60-57-54-51-48-45-43-41-39-37-35-33-31-29-26-23-20-17-14-11-8-5-2/h7-8,10-11,15-20,24-29,32-35,38,40,44,47,53,56,69H,4-6,9,12-14,21-23,30-31,36-37,39,41-43,45-46,48-52,54-55,57-68H2,1-3H3/b10-7-,11-8-,18-15-,19-16-,20-17-,27-24-,28-25-,29-26-,34-32-,35-33-,40-38-,47-44-,56-53-. The van der Waals surface area contributed by atoms with Gasteiger partial charge in [0.25, 0.3) is 0 Å². The predicted octanol–water partition coefficient (Wildman–Crippen LogP) is 21.7. The van der Waals surface area contributed by atoms with Gasteiger partial charge in [-0.3, -0.25) is 14.4 Å². The molecule has 0 radical (unpaired) electrons. The zero-order valence-corrected chi connectivity index (χ0v) is 50.1. The van der Waals surface area contributed by atoms with Crippen LogP contribution in [-0.4, -0.2) is 37.2 Å². The number of esters is 3. The highest BCUT2D eigenvalue weighted by Gasteiger charge is 2.19. The number of hydrogen-bond acceptors (Lipinski definition) is 6. The zero-order valence-electron chi connectivity index (χ0n) is 50.1. The highest BCUT2D eigenvalue weighted by Crippen LogP contribution is 2.14. The van der Waals surface area contributed by atoms with E-state index >= 15 is 0 Å². The molecule has 0 aromatic rings. The van der Waals surface area contributed by atoms with Gasteiger partial charge in [0.1, 0.15) is 13.2 Å². The molecule has 438 valence electrons. The van der Waals surface area contributed by atoms with Gasteiger partial charge in [-0.1, -0.05) is 262 Å². The van der Waals surface area contributed by atoms with E-state index in [4.69, 9.17) is 14.2 Å². The number of carbonyl (C=O) groups excluding carboxylic acids is 3. The summed E-state index contributed by atoms with van der Waals surface area (Å²) in [5.41, 5.74) is 0. The lowest BCUT2D eigenvalue weighted by molar-refractivity contribution is -0.167. The zero-order chi connectivity index (χ0) is 56.4. The van der Waals surface area contributed by atoms with Crippen molar-refractivity contribution in [1.29, 1.82) is 0 Å². The second-order valence-electron chi connectivity index (χ2n) is 20.2. The Kier molecular flexibility index (Phi) is 60.4. The summed E-state index contributed by atoms with van der Waals surface area (Å²) in [5, 5.41) is 0. The maximum atomic E-state index is 12.9. The summed E-state index contributed by atoms with van der Waals surface area (Å²) < 4.78 is 16.9. The van der Waals surface area contributed by atoms with Gasteiger partial charge in [0.2, 0.25) is 0 Å². The normalized spacial score (nSPS) is 13.2. The lowest BCUT2D eigenvalue weighted by atomic mass is 10.0. The maximum absolute atomic E-state index is 12.9. The molecule has 0 saturated carbocycles. The van der Waals surface area contributed by atoms with Crippen LogP contribution in [0.1, 0.15) is 258 Å². The molecule has 78 heavy (non-hydrogen) atoms. The highest BCUT2D eigenvalue weighted by molar-refractivity contribution is 5.71. The number of rotatable bonds is 55. The molecule has 1 unspecified atom stereocenters. The highest BCUT2D eigenvalue weighted by atomic mass is 16.6. The molecule has 0 saturated heterocycles. The van der Waals surface area contributed by atoms with Gasteiger partial charge in [-0.25, -0.2) is 0 Å². The van der Waals surface area contributed by atoms with Gasteiger partial charge in [0.05, 0.1) is 0 Å². The molecule has 0 aliphatic carbocycles. The summed E-state index contributed by atoms with van der Waals surface area (Å²) in [7, 11) is 0. The van der Waals surface area contributed by atoms with Crippen LogP contribution in [0.5, 0.6) is 0 Å². The van der Waals surface area contributed by atoms with E-state index in [1.54, 1.807) is 0 Å². The van der Waals surface area contributed by atoms with Crippen LogP contribution in [0, 0.1) is 0 Å². The molecule has 0 aromatic carbocycles. The minimum absolute atomic E-state index is 0.111. The first kappa shape index (κ1) is 73.0. The van der Waals surface area contributed by atoms with Crippen LogP contribution in [0.15, 0.2) is 158 Å². The number of hydrogen-bond donors (Lipinski definition) is 0. The van der Waals surface area contributed by atoms with Crippen LogP contribution < -0.4 is 0 Å². The third kappa shape index (κ3) is 61.9. The van der Waals surface area contributed by atoms with Gasteiger partial charge in [-0.15, -0.1) is 0 Å². The smallest absolute Gasteiger partial charge is 0.306 e. The van der Waals surface area contributed by atoms with E-state index in [0.717, 1.165) is 141 Å². The third-order valence-corrected chi connectivity index (χ3v) is 12.7. The van der Waals surface area contributed by atoms with E-state index in [9.17, 15) is 14.4 Å². The van der Waals surface area contributed by atoms with Crippen molar-refractivity contribution < 1.29 is 28.6 Å². The second kappa shape index (κ2) is 64.6. The first-order chi connectivity index (χ1) is 38.5.